The van der Waals surface area contributed by atoms with Gasteiger partial charge in [-0.15, -0.1) is 5.10 Å². The highest BCUT2D eigenvalue weighted by Gasteiger charge is 2.38. The highest BCUT2D eigenvalue weighted by Crippen LogP contribution is 2.25. The van der Waals surface area contributed by atoms with Crippen molar-refractivity contribution in [2.75, 3.05) is 25.0 Å². The number of aryl methyl sites for hydroxylation is 1. The van der Waals surface area contributed by atoms with Gasteiger partial charge in [0.05, 0.1) is 5.69 Å². The summed E-state index contributed by atoms with van der Waals surface area (Å²) in [6.07, 6.45) is 3.02. The van der Waals surface area contributed by atoms with Crippen molar-refractivity contribution in [3.63, 3.8) is 0 Å². The van der Waals surface area contributed by atoms with Crippen LogP contribution in [-0.4, -0.2) is 59.4 Å². The highest BCUT2D eigenvalue weighted by molar-refractivity contribution is 5.78. The summed E-state index contributed by atoms with van der Waals surface area (Å²) in [6, 6.07) is 4.26. The van der Waals surface area contributed by atoms with Crippen LogP contribution < -0.4 is 4.90 Å². The van der Waals surface area contributed by atoms with Crippen LogP contribution in [0, 0.1) is 6.92 Å². The van der Waals surface area contributed by atoms with Crippen molar-refractivity contribution in [2.24, 2.45) is 0 Å². The van der Waals surface area contributed by atoms with Crippen LogP contribution in [0.5, 0.6) is 0 Å². The quantitative estimate of drug-likeness (QED) is 0.787. The van der Waals surface area contributed by atoms with Gasteiger partial charge in [-0.25, -0.2) is 0 Å². The van der Waals surface area contributed by atoms with Gasteiger partial charge in [0.1, 0.15) is 12.1 Å². The summed E-state index contributed by atoms with van der Waals surface area (Å²) in [6.45, 7) is 5.78. The van der Waals surface area contributed by atoms with E-state index < -0.39 is 0 Å². The number of anilines is 1. The molecule has 3 atom stereocenters. The summed E-state index contributed by atoms with van der Waals surface area (Å²) in [5.74, 6) is 0.841. The van der Waals surface area contributed by atoms with Crippen molar-refractivity contribution in [3.05, 3.63) is 17.8 Å². The van der Waals surface area contributed by atoms with Crippen molar-refractivity contribution >= 4 is 11.8 Å². The van der Waals surface area contributed by atoms with Crippen molar-refractivity contribution in [3.8, 4) is 0 Å². The molecule has 3 rings (SSSR count). The SMILES string of the molecule is Cc1ccc(N2CCC[C@H](N(C)[C@@H]3C[C@@H](C)OC3=O)C2)nn1. The van der Waals surface area contributed by atoms with Crippen LogP contribution in [0.1, 0.15) is 31.9 Å². The van der Waals surface area contributed by atoms with E-state index in [1.54, 1.807) is 0 Å². The summed E-state index contributed by atoms with van der Waals surface area (Å²) in [5, 5.41) is 8.43. The minimum Gasteiger partial charge on any atom is -0.461 e. The Bertz CT molecular complexity index is 533. The molecule has 2 fully saturated rings. The van der Waals surface area contributed by atoms with Gasteiger partial charge < -0.3 is 9.64 Å². The van der Waals surface area contributed by atoms with E-state index in [9.17, 15) is 4.79 Å². The van der Waals surface area contributed by atoms with E-state index in [-0.39, 0.29) is 18.1 Å². The molecule has 0 spiro atoms. The number of rotatable bonds is 3. The van der Waals surface area contributed by atoms with Crippen LogP contribution in [0.4, 0.5) is 5.82 Å². The second-order valence-electron chi connectivity index (χ2n) is 6.44. The van der Waals surface area contributed by atoms with Gasteiger partial charge >= 0.3 is 5.97 Å². The number of ether oxygens (including phenoxy) is 1. The summed E-state index contributed by atoms with van der Waals surface area (Å²) in [5.41, 5.74) is 0.928. The second kappa shape index (κ2) is 6.20. The first-order valence-corrected chi connectivity index (χ1v) is 8.02. The number of carbonyl (C=O) groups is 1. The standard InChI is InChI=1S/C16H24N4O2/c1-11-6-7-15(18-17-11)20-8-4-5-13(10-20)19(3)14-9-12(2)22-16(14)21/h6-7,12-14H,4-5,8-10H2,1-3H3/t12-,13+,14-/m1/s1. The molecule has 6 nitrogen and oxygen atoms in total. The fraction of sp³-hybridized carbons (Fsp3) is 0.688. The van der Waals surface area contributed by atoms with E-state index in [1.807, 2.05) is 33.0 Å². The second-order valence-corrected chi connectivity index (χ2v) is 6.44. The maximum Gasteiger partial charge on any atom is 0.323 e. The summed E-state index contributed by atoms with van der Waals surface area (Å²) in [4.78, 5) is 16.4. The Morgan fingerprint density at radius 1 is 1.36 bits per heavy atom. The molecule has 0 radical (unpaired) electrons. The van der Waals surface area contributed by atoms with Gasteiger partial charge in [-0.05, 0) is 45.9 Å². The Morgan fingerprint density at radius 2 is 2.18 bits per heavy atom. The summed E-state index contributed by atoms with van der Waals surface area (Å²) >= 11 is 0. The average Bonchev–Trinajstić information content (AvgIpc) is 2.86. The maximum absolute atomic E-state index is 12.0. The summed E-state index contributed by atoms with van der Waals surface area (Å²) < 4.78 is 5.29. The van der Waals surface area contributed by atoms with Gasteiger partial charge in [0.15, 0.2) is 5.82 Å². The van der Waals surface area contributed by atoms with Crippen LogP contribution >= 0.6 is 0 Å². The fourth-order valence-corrected chi connectivity index (χ4v) is 3.38. The normalized spacial score (nSPS) is 29.0. The van der Waals surface area contributed by atoms with Gasteiger partial charge in [0, 0.05) is 25.6 Å². The van der Waals surface area contributed by atoms with Crippen LogP contribution in [0.2, 0.25) is 0 Å². The first kappa shape index (κ1) is 15.2. The molecule has 0 amide bonds. The first-order valence-electron chi connectivity index (χ1n) is 8.02. The number of piperidine rings is 1. The monoisotopic (exact) mass is 304 g/mol. The molecular formula is C16H24N4O2. The lowest BCUT2D eigenvalue weighted by Crippen LogP contribution is -2.51. The van der Waals surface area contributed by atoms with E-state index in [0.717, 1.165) is 43.9 Å². The number of hydrogen-bond acceptors (Lipinski definition) is 6. The molecule has 2 aliphatic rings. The molecule has 2 saturated heterocycles. The minimum atomic E-state index is -0.107. The lowest BCUT2D eigenvalue weighted by molar-refractivity contribution is -0.145. The van der Waals surface area contributed by atoms with Crippen LogP contribution in [0.15, 0.2) is 12.1 Å². The van der Waals surface area contributed by atoms with Gasteiger partial charge in [-0.1, -0.05) is 0 Å². The van der Waals surface area contributed by atoms with Crippen molar-refractivity contribution < 1.29 is 9.53 Å². The molecule has 0 unspecified atom stereocenters. The molecule has 0 bridgehead atoms. The summed E-state index contributed by atoms with van der Waals surface area (Å²) in [7, 11) is 2.04. The zero-order chi connectivity index (χ0) is 15.7. The Balaban J connectivity index is 1.67. The maximum atomic E-state index is 12.0. The fourth-order valence-electron chi connectivity index (χ4n) is 3.38. The lowest BCUT2D eigenvalue weighted by atomic mass is 10.0. The average molecular weight is 304 g/mol. The number of aromatic nitrogens is 2. The molecule has 22 heavy (non-hydrogen) atoms. The number of hydrogen-bond donors (Lipinski definition) is 0. The number of cyclic esters (lactones) is 1. The third-order valence-electron chi connectivity index (χ3n) is 4.72. The van der Waals surface area contributed by atoms with E-state index in [0.29, 0.717) is 6.04 Å². The molecular weight excluding hydrogens is 280 g/mol. The molecule has 1 aromatic heterocycles. The minimum absolute atomic E-state index is 0.0302. The molecule has 3 heterocycles. The predicted molar refractivity (Wildman–Crippen MR) is 83.7 cm³/mol. The van der Waals surface area contributed by atoms with Gasteiger partial charge in [0.2, 0.25) is 0 Å². The lowest BCUT2D eigenvalue weighted by Gasteiger charge is -2.39. The number of carbonyl (C=O) groups excluding carboxylic acids is 1. The van der Waals surface area contributed by atoms with Crippen LogP contribution in [-0.2, 0) is 9.53 Å². The third kappa shape index (κ3) is 3.06. The van der Waals surface area contributed by atoms with Gasteiger partial charge in [-0.3, -0.25) is 9.69 Å². The molecule has 0 saturated carbocycles. The zero-order valence-corrected chi connectivity index (χ0v) is 13.5. The predicted octanol–water partition coefficient (Wildman–Crippen LogP) is 1.39. The molecule has 0 aromatic carbocycles. The molecule has 1 aromatic rings. The van der Waals surface area contributed by atoms with E-state index in [1.165, 1.54) is 0 Å². The smallest absolute Gasteiger partial charge is 0.323 e. The van der Waals surface area contributed by atoms with Crippen molar-refractivity contribution in [1.82, 2.24) is 15.1 Å². The largest absolute Gasteiger partial charge is 0.461 e. The molecule has 0 N–H and O–H groups in total. The number of esters is 1. The van der Waals surface area contributed by atoms with Crippen LogP contribution in [0.25, 0.3) is 0 Å². The number of nitrogens with zero attached hydrogens (tertiary/aromatic N) is 4. The van der Waals surface area contributed by atoms with Crippen molar-refractivity contribution in [1.29, 1.82) is 0 Å². The topological polar surface area (TPSA) is 58.6 Å². The zero-order valence-electron chi connectivity index (χ0n) is 13.5. The van der Waals surface area contributed by atoms with Crippen molar-refractivity contribution in [2.45, 2.75) is 51.3 Å². The highest BCUT2D eigenvalue weighted by atomic mass is 16.6. The van der Waals surface area contributed by atoms with E-state index in [2.05, 4.69) is 20.0 Å². The molecule has 0 aliphatic carbocycles. The third-order valence-corrected chi connectivity index (χ3v) is 4.72. The number of likely N-dealkylation sites (N-methyl/N-ethyl adjacent to an activating group) is 1. The Labute approximate surface area is 131 Å². The van der Waals surface area contributed by atoms with E-state index in [4.69, 9.17) is 4.74 Å². The Hall–Kier alpha value is -1.69. The first-order chi connectivity index (χ1) is 10.5. The van der Waals surface area contributed by atoms with E-state index >= 15 is 0 Å². The van der Waals surface area contributed by atoms with Gasteiger partial charge in [-0.2, -0.15) is 5.10 Å². The van der Waals surface area contributed by atoms with Crippen LogP contribution in [0.3, 0.4) is 0 Å². The van der Waals surface area contributed by atoms with Gasteiger partial charge in [0.25, 0.3) is 0 Å². The Morgan fingerprint density at radius 3 is 2.82 bits per heavy atom. The molecule has 120 valence electrons. The Kier molecular flexibility index (Phi) is 4.29. The molecule has 2 aliphatic heterocycles. The molecule has 6 heteroatoms.